The lowest BCUT2D eigenvalue weighted by Gasteiger charge is -2.25. The van der Waals surface area contributed by atoms with Gasteiger partial charge in [-0.05, 0) is 36.7 Å². The molecule has 0 saturated heterocycles. The number of rotatable bonds is 0. The fraction of sp³-hybridized carbons (Fsp3) is 0.455. The van der Waals surface area contributed by atoms with Crippen molar-refractivity contribution in [3.05, 3.63) is 34.9 Å². The Bertz CT molecular complexity index is 371. The molecule has 1 nitrogen and oxygen atoms in total. The molecule has 15 heavy (non-hydrogen) atoms. The van der Waals surface area contributed by atoms with Crippen LogP contribution in [0.4, 0.5) is 13.2 Å². The number of fused-ring (bicyclic) bond motifs is 1. The highest BCUT2D eigenvalue weighted by Gasteiger charge is 2.31. The number of benzene rings is 1. The number of hydrogen-bond acceptors (Lipinski definition) is 1. The standard InChI is InChI=1S/C11H12F3N/c1-15-5-4-8-2-3-10(11(12,13)14)6-9(8)7-15/h2-3,6H,4-5,7H2,1H3. The van der Waals surface area contributed by atoms with E-state index in [-0.39, 0.29) is 0 Å². The van der Waals surface area contributed by atoms with E-state index in [1.807, 2.05) is 11.9 Å². The van der Waals surface area contributed by atoms with E-state index in [1.165, 1.54) is 12.1 Å². The van der Waals surface area contributed by atoms with Crippen LogP contribution in [-0.4, -0.2) is 18.5 Å². The summed E-state index contributed by atoms with van der Waals surface area (Å²) in [5.74, 6) is 0. The van der Waals surface area contributed by atoms with E-state index in [0.717, 1.165) is 24.1 Å². The van der Waals surface area contributed by atoms with Crippen molar-refractivity contribution < 1.29 is 13.2 Å². The van der Waals surface area contributed by atoms with E-state index in [1.54, 1.807) is 6.07 Å². The van der Waals surface area contributed by atoms with E-state index in [4.69, 9.17) is 0 Å². The maximum atomic E-state index is 12.4. The summed E-state index contributed by atoms with van der Waals surface area (Å²) in [6.07, 6.45) is -3.39. The number of nitrogens with zero attached hydrogens (tertiary/aromatic N) is 1. The Balaban J connectivity index is 2.37. The Hall–Kier alpha value is -1.03. The molecule has 1 aliphatic heterocycles. The third-order valence-electron chi connectivity index (χ3n) is 2.74. The lowest BCUT2D eigenvalue weighted by Crippen LogP contribution is -2.26. The molecule has 0 amide bonds. The van der Waals surface area contributed by atoms with E-state index < -0.39 is 11.7 Å². The molecule has 0 bridgehead atoms. The highest BCUT2D eigenvalue weighted by molar-refractivity contribution is 5.34. The Labute approximate surface area is 86.5 Å². The van der Waals surface area contributed by atoms with Crippen LogP contribution in [0.5, 0.6) is 0 Å². The van der Waals surface area contributed by atoms with Crippen molar-refractivity contribution in [1.82, 2.24) is 4.90 Å². The van der Waals surface area contributed by atoms with Gasteiger partial charge in [0.15, 0.2) is 0 Å². The van der Waals surface area contributed by atoms with E-state index in [2.05, 4.69) is 0 Å². The van der Waals surface area contributed by atoms with E-state index in [9.17, 15) is 13.2 Å². The topological polar surface area (TPSA) is 3.24 Å². The van der Waals surface area contributed by atoms with Gasteiger partial charge in [0.25, 0.3) is 0 Å². The smallest absolute Gasteiger partial charge is 0.302 e. The molecule has 1 aliphatic rings. The van der Waals surface area contributed by atoms with Crippen molar-refractivity contribution in [3.8, 4) is 0 Å². The maximum Gasteiger partial charge on any atom is 0.416 e. The minimum atomic E-state index is -4.23. The van der Waals surface area contributed by atoms with Crippen LogP contribution >= 0.6 is 0 Å². The van der Waals surface area contributed by atoms with Gasteiger partial charge in [-0.15, -0.1) is 0 Å². The molecule has 0 spiro atoms. The molecule has 2 rings (SSSR count). The third-order valence-corrected chi connectivity index (χ3v) is 2.74. The molecule has 0 aromatic heterocycles. The van der Waals surface area contributed by atoms with E-state index >= 15 is 0 Å². The lowest BCUT2D eigenvalue weighted by molar-refractivity contribution is -0.137. The summed E-state index contributed by atoms with van der Waals surface area (Å²) in [7, 11) is 1.92. The second-order valence-electron chi connectivity index (χ2n) is 3.97. The van der Waals surface area contributed by atoms with Crippen molar-refractivity contribution in [3.63, 3.8) is 0 Å². The van der Waals surface area contributed by atoms with Crippen molar-refractivity contribution in [2.75, 3.05) is 13.6 Å². The van der Waals surface area contributed by atoms with Gasteiger partial charge < -0.3 is 4.90 Å². The zero-order chi connectivity index (χ0) is 11.1. The third kappa shape index (κ3) is 2.15. The van der Waals surface area contributed by atoms with Gasteiger partial charge in [-0.1, -0.05) is 6.07 Å². The maximum absolute atomic E-state index is 12.4. The van der Waals surface area contributed by atoms with Crippen molar-refractivity contribution in [1.29, 1.82) is 0 Å². The number of likely N-dealkylation sites (N-methyl/N-ethyl adjacent to an activating group) is 1. The molecule has 0 radical (unpaired) electrons. The first-order valence-corrected chi connectivity index (χ1v) is 4.84. The Morgan fingerprint density at radius 1 is 1.20 bits per heavy atom. The summed E-state index contributed by atoms with van der Waals surface area (Å²) < 4.78 is 37.3. The molecule has 0 N–H and O–H groups in total. The quantitative estimate of drug-likeness (QED) is 0.643. The molecule has 0 atom stereocenters. The second kappa shape index (κ2) is 3.52. The molecule has 0 saturated carbocycles. The van der Waals surface area contributed by atoms with Gasteiger partial charge in [-0.25, -0.2) is 0 Å². The van der Waals surface area contributed by atoms with Crippen LogP contribution in [0.3, 0.4) is 0 Å². The highest BCUT2D eigenvalue weighted by Crippen LogP contribution is 2.31. The minimum absolute atomic E-state index is 0.545. The van der Waals surface area contributed by atoms with Crippen molar-refractivity contribution in [2.24, 2.45) is 0 Å². The largest absolute Gasteiger partial charge is 0.416 e. The fourth-order valence-electron chi connectivity index (χ4n) is 1.87. The van der Waals surface area contributed by atoms with Gasteiger partial charge in [0, 0.05) is 13.1 Å². The molecule has 82 valence electrons. The zero-order valence-corrected chi connectivity index (χ0v) is 8.43. The van der Waals surface area contributed by atoms with Crippen LogP contribution in [0.2, 0.25) is 0 Å². The van der Waals surface area contributed by atoms with Crippen LogP contribution in [0, 0.1) is 0 Å². The van der Waals surface area contributed by atoms with Gasteiger partial charge in [-0.3, -0.25) is 0 Å². The first kappa shape index (κ1) is 10.5. The molecule has 1 heterocycles. The highest BCUT2D eigenvalue weighted by atomic mass is 19.4. The molecular weight excluding hydrogens is 203 g/mol. The first-order valence-electron chi connectivity index (χ1n) is 4.84. The minimum Gasteiger partial charge on any atom is -0.302 e. The second-order valence-corrected chi connectivity index (χ2v) is 3.97. The number of halogens is 3. The van der Waals surface area contributed by atoms with Crippen LogP contribution in [0.25, 0.3) is 0 Å². The van der Waals surface area contributed by atoms with Gasteiger partial charge >= 0.3 is 6.18 Å². The predicted octanol–water partition coefficient (Wildman–Crippen LogP) is 2.69. The summed E-state index contributed by atoms with van der Waals surface area (Å²) in [6, 6.07) is 4.04. The summed E-state index contributed by atoms with van der Waals surface area (Å²) in [6.45, 7) is 1.53. The van der Waals surface area contributed by atoms with Crippen molar-refractivity contribution in [2.45, 2.75) is 19.1 Å². The van der Waals surface area contributed by atoms with Gasteiger partial charge in [0.2, 0.25) is 0 Å². The van der Waals surface area contributed by atoms with Crippen LogP contribution in [-0.2, 0) is 19.1 Å². The Kier molecular flexibility index (Phi) is 2.46. The molecule has 0 fully saturated rings. The van der Waals surface area contributed by atoms with Gasteiger partial charge in [0.05, 0.1) is 5.56 Å². The monoisotopic (exact) mass is 215 g/mol. The normalized spacial score (nSPS) is 17.6. The van der Waals surface area contributed by atoms with Gasteiger partial charge in [-0.2, -0.15) is 13.2 Å². The average molecular weight is 215 g/mol. The molecule has 1 aromatic rings. The summed E-state index contributed by atoms with van der Waals surface area (Å²) in [4.78, 5) is 2.03. The fourth-order valence-corrected chi connectivity index (χ4v) is 1.87. The predicted molar refractivity (Wildman–Crippen MR) is 51.5 cm³/mol. The summed E-state index contributed by atoms with van der Waals surface area (Å²) in [5, 5.41) is 0. The van der Waals surface area contributed by atoms with Gasteiger partial charge in [0.1, 0.15) is 0 Å². The van der Waals surface area contributed by atoms with Crippen molar-refractivity contribution >= 4 is 0 Å². The molecular formula is C11H12F3N. The number of alkyl halides is 3. The molecule has 0 aliphatic carbocycles. The van der Waals surface area contributed by atoms with E-state index in [0.29, 0.717) is 6.54 Å². The SMILES string of the molecule is CN1CCc2ccc(C(F)(F)F)cc2C1. The molecule has 4 heteroatoms. The molecule has 0 unspecified atom stereocenters. The Morgan fingerprint density at radius 2 is 1.93 bits per heavy atom. The Morgan fingerprint density at radius 3 is 2.60 bits per heavy atom. The number of hydrogen-bond donors (Lipinski definition) is 0. The van der Waals surface area contributed by atoms with Crippen LogP contribution in [0.15, 0.2) is 18.2 Å². The zero-order valence-electron chi connectivity index (χ0n) is 8.43. The average Bonchev–Trinajstić information content (AvgIpc) is 2.15. The lowest BCUT2D eigenvalue weighted by atomic mass is 9.97. The van der Waals surface area contributed by atoms with Crippen LogP contribution in [0.1, 0.15) is 16.7 Å². The summed E-state index contributed by atoms with van der Waals surface area (Å²) >= 11 is 0. The first-order chi connectivity index (χ1) is 6.97. The summed E-state index contributed by atoms with van der Waals surface area (Å²) in [5.41, 5.74) is 1.30. The van der Waals surface area contributed by atoms with Crippen LogP contribution < -0.4 is 0 Å². The molecule has 1 aromatic carbocycles.